The SMILES string of the molecule is CN(C(=O)c1cccc(N)c1)C1CCc2ccccc2C1.Cl. The molecule has 0 spiro atoms. The number of hydrogen-bond donors (Lipinski definition) is 1. The van der Waals surface area contributed by atoms with Crippen molar-refractivity contribution in [2.24, 2.45) is 0 Å². The molecule has 22 heavy (non-hydrogen) atoms. The van der Waals surface area contributed by atoms with Crippen LogP contribution in [0.2, 0.25) is 0 Å². The summed E-state index contributed by atoms with van der Waals surface area (Å²) in [6, 6.07) is 16.0. The molecule has 0 fully saturated rings. The van der Waals surface area contributed by atoms with E-state index in [2.05, 4.69) is 24.3 Å². The molecule has 116 valence electrons. The molecule has 0 aliphatic heterocycles. The lowest BCUT2D eigenvalue weighted by atomic mass is 9.87. The third-order valence-electron chi connectivity index (χ3n) is 4.32. The van der Waals surface area contributed by atoms with E-state index in [1.54, 1.807) is 12.1 Å². The molecule has 0 saturated heterocycles. The molecule has 2 aromatic carbocycles. The highest BCUT2D eigenvalue weighted by atomic mass is 35.5. The Morgan fingerprint density at radius 1 is 1.14 bits per heavy atom. The zero-order valence-corrected chi connectivity index (χ0v) is 13.5. The lowest BCUT2D eigenvalue weighted by molar-refractivity contribution is 0.0719. The second-order valence-electron chi connectivity index (χ2n) is 5.71. The van der Waals surface area contributed by atoms with Gasteiger partial charge in [-0.2, -0.15) is 0 Å². The maximum Gasteiger partial charge on any atom is 0.253 e. The zero-order valence-electron chi connectivity index (χ0n) is 12.7. The number of fused-ring (bicyclic) bond motifs is 1. The number of hydrogen-bond acceptors (Lipinski definition) is 2. The van der Waals surface area contributed by atoms with Gasteiger partial charge in [0.2, 0.25) is 0 Å². The van der Waals surface area contributed by atoms with Crippen molar-refractivity contribution in [3.8, 4) is 0 Å². The Bertz CT molecular complexity index is 672. The van der Waals surface area contributed by atoms with Crippen molar-refractivity contribution in [3.63, 3.8) is 0 Å². The fourth-order valence-corrected chi connectivity index (χ4v) is 3.05. The maximum absolute atomic E-state index is 12.6. The molecule has 0 bridgehead atoms. The molecule has 1 aliphatic carbocycles. The van der Waals surface area contributed by atoms with Crippen molar-refractivity contribution < 1.29 is 4.79 Å². The smallest absolute Gasteiger partial charge is 0.253 e. The van der Waals surface area contributed by atoms with Crippen LogP contribution in [0, 0.1) is 0 Å². The van der Waals surface area contributed by atoms with E-state index in [1.165, 1.54) is 11.1 Å². The van der Waals surface area contributed by atoms with Gasteiger partial charge in [0.1, 0.15) is 0 Å². The minimum absolute atomic E-state index is 0. The van der Waals surface area contributed by atoms with Gasteiger partial charge in [0.15, 0.2) is 0 Å². The molecule has 0 aromatic heterocycles. The first kappa shape index (κ1) is 16.4. The van der Waals surface area contributed by atoms with Crippen LogP contribution in [0.4, 0.5) is 5.69 Å². The normalized spacial score (nSPS) is 16.3. The van der Waals surface area contributed by atoms with Crippen LogP contribution in [-0.4, -0.2) is 23.9 Å². The number of halogens is 1. The van der Waals surface area contributed by atoms with E-state index in [0.717, 1.165) is 19.3 Å². The number of rotatable bonds is 2. The number of carbonyl (C=O) groups excluding carboxylic acids is 1. The molecule has 3 rings (SSSR count). The molecule has 0 saturated carbocycles. The molecule has 1 atom stereocenters. The van der Waals surface area contributed by atoms with Crippen molar-refractivity contribution >= 4 is 24.0 Å². The first-order chi connectivity index (χ1) is 10.1. The minimum Gasteiger partial charge on any atom is -0.399 e. The Labute approximate surface area is 137 Å². The highest BCUT2D eigenvalue weighted by Crippen LogP contribution is 2.24. The Balaban J connectivity index is 0.00000176. The van der Waals surface area contributed by atoms with Crippen LogP contribution in [0.3, 0.4) is 0 Å². The third-order valence-corrected chi connectivity index (χ3v) is 4.32. The molecular weight excluding hydrogens is 296 g/mol. The van der Waals surface area contributed by atoms with Crippen LogP contribution < -0.4 is 5.73 Å². The second kappa shape index (κ2) is 6.84. The number of carbonyl (C=O) groups is 1. The zero-order chi connectivity index (χ0) is 14.8. The largest absolute Gasteiger partial charge is 0.399 e. The quantitative estimate of drug-likeness (QED) is 0.864. The Kier molecular flexibility index (Phi) is 5.09. The number of aryl methyl sites for hydroxylation is 1. The van der Waals surface area contributed by atoms with Gasteiger partial charge in [-0.05, 0) is 48.6 Å². The Morgan fingerprint density at radius 2 is 1.86 bits per heavy atom. The van der Waals surface area contributed by atoms with Crippen molar-refractivity contribution in [2.45, 2.75) is 25.3 Å². The van der Waals surface area contributed by atoms with Gasteiger partial charge in [0.05, 0.1) is 0 Å². The molecular formula is C18H21ClN2O. The van der Waals surface area contributed by atoms with Crippen molar-refractivity contribution in [1.29, 1.82) is 0 Å². The van der Waals surface area contributed by atoms with Crippen LogP contribution in [0.1, 0.15) is 27.9 Å². The average molecular weight is 317 g/mol. The highest BCUT2D eigenvalue weighted by molar-refractivity contribution is 5.95. The number of amides is 1. The standard InChI is InChI=1S/C18H20N2O.ClH/c1-20(18(21)15-7-4-8-16(19)11-15)17-10-9-13-5-2-3-6-14(13)12-17;/h2-8,11,17H,9-10,12,19H2,1H3;1H. The Hall–Kier alpha value is -2.00. The number of benzene rings is 2. The van der Waals surface area contributed by atoms with Gasteiger partial charge in [-0.15, -0.1) is 12.4 Å². The topological polar surface area (TPSA) is 46.3 Å². The maximum atomic E-state index is 12.6. The van der Waals surface area contributed by atoms with Crippen LogP contribution in [0.5, 0.6) is 0 Å². The molecule has 4 heteroatoms. The third kappa shape index (κ3) is 3.25. The Morgan fingerprint density at radius 3 is 2.59 bits per heavy atom. The van der Waals surface area contributed by atoms with E-state index in [1.807, 2.05) is 24.1 Å². The van der Waals surface area contributed by atoms with E-state index in [-0.39, 0.29) is 24.4 Å². The predicted molar refractivity (Wildman–Crippen MR) is 92.5 cm³/mol. The fraction of sp³-hybridized carbons (Fsp3) is 0.278. The fourth-order valence-electron chi connectivity index (χ4n) is 3.05. The average Bonchev–Trinajstić information content (AvgIpc) is 2.53. The van der Waals surface area contributed by atoms with E-state index in [0.29, 0.717) is 11.3 Å². The van der Waals surface area contributed by atoms with Gasteiger partial charge in [-0.1, -0.05) is 30.3 Å². The highest BCUT2D eigenvalue weighted by Gasteiger charge is 2.25. The number of nitrogens with two attached hydrogens (primary N) is 1. The van der Waals surface area contributed by atoms with E-state index >= 15 is 0 Å². The van der Waals surface area contributed by atoms with E-state index in [4.69, 9.17) is 5.73 Å². The number of likely N-dealkylation sites (N-methyl/N-ethyl adjacent to an activating group) is 1. The van der Waals surface area contributed by atoms with Gasteiger partial charge < -0.3 is 10.6 Å². The van der Waals surface area contributed by atoms with E-state index in [9.17, 15) is 4.79 Å². The summed E-state index contributed by atoms with van der Waals surface area (Å²) in [6.45, 7) is 0. The molecule has 1 aliphatic rings. The molecule has 2 N–H and O–H groups in total. The summed E-state index contributed by atoms with van der Waals surface area (Å²) in [4.78, 5) is 14.4. The van der Waals surface area contributed by atoms with Crippen LogP contribution in [0.15, 0.2) is 48.5 Å². The van der Waals surface area contributed by atoms with Crippen LogP contribution in [0.25, 0.3) is 0 Å². The number of nitrogen functional groups attached to an aromatic ring is 1. The lowest BCUT2D eigenvalue weighted by Gasteiger charge is -2.32. The molecule has 2 aromatic rings. The summed E-state index contributed by atoms with van der Waals surface area (Å²) >= 11 is 0. The minimum atomic E-state index is 0. The summed E-state index contributed by atoms with van der Waals surface area (Å²) in [5.74, 6) is 0.0479. The molecule has 1 unspecified atom stereocenters. The lowest BCUT2D eigenvalue weighted by Crippen LogP contribution is -2.40. The van der Waals surface area contributed by atoms with E-state index < -0.39 is 0 Å². The summed E-state index contributed by atoms with van der Waals surface area (Å²) in [6.07, 6.45) is 2.98. The summed E-state index contributed by atoms with van der Waals surface area (Å²) in [7, 11) is 1.89. The van der Waals surface area contributed by atoms with Crippen molar-refractivity contribution in [3.05, 3.63) is 65.2 Å². The van der Waals surface area contributed by atoms with Crippen molar-refractivity contribution in [2.75, 3.05) is 12.8 Å². The number of nitrogens with zero attached hydrogens (tertiary/aromatic N) is 1. The second-order valence-corrected chi connectivity index (χ2v) is 5.71. The van der Waals surface area contributed by atoms with Crippen LogP contribution >= 0.6 is 12.4 Å². The van der Waals surface area contributed by atoms with Crippen LogP contribution in [-0.2, 0) is 12.8 Å². The first-order valence-electron chi connectivity index (χ1n) is 7.34. The summed E-state index contributed by atoms with van der Waals surface area (Å²) in [5.41, 5.74) is 9.84. The van der Waals surface area contributed by atoms with Gasteiger partial charge in [0.25, 0.3) is 5.91 Å². The summed E-state index contributed by atoms with van der Waals surface area (Å²) < 4.78 is 0. The molecule has 0 radical (unpaired) electrons. The molecule has 0 heterocycles. The van der Waals surface area contributed by atoms with Gasteiger partial charge >= 0.3 is 0 Å². The molecule has 3 nitrogen and oxygen atoms in total. The van der Waals surface area contributed by atoms with Gasteiger partial charge in [-0.25, -0.2) is 0 Å². The predicted octanol–water partition coefficient (Wildman–Crippen LogP) is 3.32. The van der Waals surface area contributed by atoms with Crippen molar-refractivity contribution in [1.82, 2.24) is 4.90 Å². The van der Waals surface area contributed by atoms with Gasteiger partial charge in [0, 0.05) is 24.3 Å². The van der Waals surface area contributed by atoms with Gasteiger partial charge in [-0.3, -0.25) is 4.79 Å². The number of anilines is 1. The summed E-state index contributed by atoms with van der Waals surface area (Å²) in [5, 5.41) is 0. The molecule has 1 amide bonds. The monoisotopic (exact) mass is 316 g/mol. The first-order valence-corrected chi connectivity index (χ1v) is 7.34.